The molecule has 3 heteroatoms. The highest BCUT2D eigenvalue weighted by atomic mass is 16.5. The van der Waals surface area contributed by atoms with Crippen molar-refractivity contribution in [3.8, 4) is 5.75 Å². The van der Waals surface area contributed by atoms with Crippen LogP contribution in [-0.2, 0) is 4.79 Å². The van der Waals surface area contributed by atoms with Gasteiger partial charge in [-0.05, 0) is 45.4 Å². The predicted octanol–water partition coefficient (Wildman–Crippen LogP) is 3.35. The first-order valence-electron chi connectivity index (χ1n) is 5.59. The topological polar surface area (TPSA) is 46.5 Å². The lowest BCUT2D eigenvalue weighted by Gasteiger charge is -2.11. The van der Waals surface area contributed by atoms with E-state index in [0.717, 1.165) is 11.3 Å². The van der Waals surface area contributed by atoms with E-state index < -0.39 is 5.97 Å². The van der Waals surface area contributed by atoms with E-state index in [1.807, 2.05) is 13.8 Å². The van der Waals surface area contributed by atoms with Crippen LogP contribution in [0.25, 0.3) is 5.57 Å². The largest absolute Gasteiger partial charge is 0.491 e. The van der Waals surface area contributed by atoms with Gasteiger partial charge in [-0.3, -0.25) is 0 Å². The molecule has 3 nitrogen and oxygen atoms in total. The number of aliphatic carboxylic acids is 1. The van der Waals surface area contributed by atoms with Gasteiger partial charge in [0.05, 0.1) is 11.7 Å². The molecule has 0 fully saturated rings. The van der Waals surface area contributed by atoms with E-state index in [9.17, 15) is 4.79 Å². The fourth-order valence-corrected chi connectivity index (χ4v) is 1.60. The standard InChI is InChI=1S/C14H18O3/c1-9(2)13(14(15)16)11-5-7-12(8-6-11)17-10(3)4/h5-8,10H,1-4H3,(H,15,16). The van der Waals surface area contributed by atoms with Crippen LogP contribution in [0, 0.1) is 0 Å². The molecule has 0 atom stereocenters. The Kier molecular flexibility index (Phi) is 4.32. The Hall–Kier alpha value is -1.77. The zero-order valence-corrected chi connectivity index (χ0v) is 10.7. The molecule has 92 valence electrons. The van der Waals surface area contributed by atoms with Crippen molar-refractivity contribution in [2.24, 2.45) is 0 Å². The third-order valence-electron chi connectivity index (χ3n) is 2.23. The van der Waals surface area contributed by atoms with Crippen molar-refractivity contribution in [2.45, 2.75) is 33.8 Å². The van der Waals surface area contributed by atoms with Crippen LogP contribution in [0.15, 0.2) is 29.8 Å². The Morgan fingerprint density at radius 2 is 1.71 bits per heavy atom. The van der Waals surface area contributed by atoms with Gasteiger partial charge in [0.2, 0.25) is 0 Å². The van der Waals surface area contributed by atoms with Crippen molar-refractivity contribution in [1.82, 2.24) is 0 Å². The van der Waals surface area contributed by atoms with Crippen molar-refractivity contribution < 1.29 is 14.6 Å². The molecule has 17 heavy (non-hydrogen) atoms. The maximum absolute atomic E-state index is 11.1. The zero-order chi connectivity index (χ0) is 13.0. The smallest absolute Gasteiger partial charge is 0.336 e. The van der Waals surface area contributed by atoms with Gasteiger partial charge < -0.3 is 9.84 Å². The molecule has 0 aromatic heterocycles. The molecule has 0 heterocycles. The molecule has 1 rings (SSSR count). The monoisotopic (exact) mass is 234 g/mol. The lowest BCUT2D eigenvalue weighted by atomic mass is 10.0. The van der Waals surface area contributed by atoms with Crippen molar-refractivity contribution in [3.05, 3.63) is 35.4 Å². The summed E-state index contributed by atoms with van der Waals surface area (Å²) >= 11 is 0. The summed E-state index contributed by atoms with van der Waals surface area (Å²) in [5.41, 5.74) is 1.84. The molecular formula is C14H18O3. The number of allylic oxidation sites excluding steroid dienone is 1. The van der Waals surface area contributed by atoms with E-state index in [4.69, 9.17) is 9.84 Å². The number of carboxylic acid groups (broad SMARTS) is 1. The lowest BCUT2D eigenvalue weighted by Crippen LogP contribution is -2.06. The minimum atomic E-state index is -0.900. The molecule has 0 aliphatic rings. The molecule has 1 aromatic rings. The second kappa shape index (κ2) is 5.53. The van der Waals surface area contributed by atoms with Gasteiger partial charge in [-0.15, -0.1) is 0 Å². The molecule has 0 aliphatic carbocycles. The molecule has 0 bridgehead atoms. The summed E-state index contributed by atoms with van der Waals surface area (Å²) in [6.07, 6.45) is 0.114. The molecule has 0 spiro atoms. The van der Waals surface area contributed by atoms with Crippen LogP contribution in [-0.4, -0.2) is 17.2 Å². The maximum atomic E-state index is 11.1. The fourth-order valence-electron chi connectivity index (χ4n) is 1.60. The Labute approximate surface area is 102 Å². The van der Waals surface area contributed by atoms with Crippen LogP contribution in [0.4, 0.5) is 0 Å². The summed E-state index contributed by atoms with van der Waals surface area (Å²) < 4.78 is 5.51. The first kappa shape index (κ1) is 13.3. The van der Waals surface area contributed by atoms with Gasteiger partial charge in [-0.1, -0.05) is 17.7 Å². The number of carbonyl (C=O) groups is 1. The summed E-state index contributed by atoms with van der Waals surface area (Å²) in [5.74, 6) is -0.148. The van der Waals surface area contributed by atoms with E-state index in [0.29, 0.717) is 11.1 Å². The Morgan fingerprint density at radius 3 is 2.06 bits per heavy atom. The van der Waals surface area contributed by atoms with Gasteiger partial charge >= 0.3 is 5.97 Å². The van der Waals surface area contributed by atoms with E-state index in [2.05, 4.69) is 0 Å². The average molecular weight is 234 g/mol. The molecule has 0 amide bonds. The van der Waals surface area contributed by atoms with E-state index in [1.165, 1.54) is 0 Å². The van der Waals surface area contributed by atoms with Gasteiger partial charge in [-0.25, -0.2) is 4.79 Å². The summed E-state index contributed by atoms with van der Waals surface area (Å²) in [6, 6.07) is 7.13. The maximum Gasteiger partial charge on any atom is 0.336 e. The Balaban J connectivity index is 3.02. The Bertz CT molecular complexity index is 423. The lowest BCUT2D eigenvalue weighted by molar-refractivity contribution is -0.130. The van der Waals surface area contributed by atoms with Crippen LogP contribution >= 0.6 is 0 Å². The number of hydrogen-bond donors (Lipinski definition) is 1. The van der Waals surface area contributed by atoms with Crippen molar-refractivity contribution in [2.75, 3.05) is 0 Å². The second-order valence-corrected chi connectivity index (χ2v) is 4.37. The first-order valence-corrected chi connectivity index (χ1v) is 5.59. The fraction of sp³-hybridized carbons (Fsp3) is 0.357. The van der Waals surface area contributed by atoms with Crippen LogP contribution in [0.5, 0.6) is 5.75 Å². The summed E-state index contributed by atoms with van der Waals surface area (Å²) in [6.45, 7) is 7.49. The number of carboxylic acids is 1. The highest BCUT2D eigenvalue weighted by molar-refractivity contribution is 6.16. The van der Waals surface area contributed by atoms with Crippen molar-refractivity contribution >= 4 is 11.5 Å². The quantitative estimate of drug-likeness (QED) is 0.812. The number of benzene rings is 1. The van der Waals surface area contributed by atoms with Crippen LogP contribution in [0.3, 0.4) is 0 Å². The summed E-state index contributed by atoms with van der Waals surface area (Å²) in [7, 11) is 0. The normalized spacial score (nSPS) is 10.2. The molecule has 0 aliphatic heterocycles. The van der Waals surface area contributed by atoms with Gasteiger partial charge in [0.15, 0.2) is 0 Å². The number of rotatable bonds is 4. The average Bonchev–Trinajstić information content (AvgIpc) is 2.18. The number of hydrogen-bond acceptors (Lipinski definition) is 2. The van der Waals surface area contributed by atoms with Gasteiger partial charge in [0.25, 0.3) is 0 Å². The SMILES string of the molecule is CC(C)=C(C(=O)O)c1ccc(OC(C)C)cc1. The molecule has 0 unspecified atom stereocenters. The van der Waals surface area contributed by atoms with E-state index in [1.54, 1.807) is 38.1 Å². The van der Waals surface area contributed by atoms with Gasteiger partial charge in [0.1, 0.15) is 5.75 Å². The molecule has 0 saturated carbocycles. The van der Waals surface area contributed by atoms with Crippen molar-refractivity contribution in [3.63, 3.8) is 0 Å². The minimum Gasteiger partial charge on any atom is -0.491 e. The van der Waals surface area contributed by atoms with Gasteiger partial charge in [0, 0.05) is 0 Å². The first-order chi connectivity index (χ1) is 7.91. The highest BCUT2D eigenvalue weighted by Gasteiger charge is 2.12. The molecular weight excluding hydrogens is 216 g/mol. The molecule has 0 saturated heterocycles. The van der Waals surface area contributed by atoms with Crippen LogP contribution in [0.1, 0.15) is 33.3 Å². The molecule has 0 radical (unpaired) electrons. The van der Waals surface area contributed by atoms with E-state index in [-0.39, 0.29) is 6.10 Å². The van der Waals surface area contributed by atoms with Crippen LogP contribution in [0.2, 0.25) is 0 Å². The zero-order valence-electron chi connectivity index (χ0n) is 10.7. The molecule has 1 aromatic carbocycles. The third kappa shape index (κ3) is 3.63. The van der Waals surface area contributed by atoms with Crippen molar-refractivity contribution in [1.29, 1.82) is 0 Å². The highest BCUT2D eigenvalue weighted by Crippen LogP contribution is 2.22. The third-order valence-corrected chi connectivity index (χ3v) is 2.23. The summed E-state index contributed by atoms with van der Waals surface area (Å²) in [4.78, 5) is 11.1. The predicted molar refractivity (Wildman–Crippen MR) is 68.1 cm³/mol. The molecule has 1 N–H and O–H groups in total. The van der Waals surface area contributed by atoms with E-state index >= 15 is 0 Å². The number of ether oxygens (including phenoxy) is 1. The van der Waals surface area contributed by atoms with Crippen LogP contribution < -0.4 is 4.74 Å². The Morgan fingerprint density at radius 1 is 1.18 bits per heavy atom. The summed E-state index contributed by atoms with van der Waals surface area (Å²) in [5, 5.41) is 9.12. The second-order valence-electron chi connectivity index (χ2n) is 4.37. The minimum absolute atomic E-state index is 0.114. The van der Waals surface area contributed by atoms with Gasteiger partial charge in [-0.2, -0.15) is 0 Å².